The van der Waals surface area contributed by atoms with Crippen LogP contribution >= 0.6 is 0 Å². The summed E-state index contributed by atoms with van der Waals surface area (Å²) in [5, 5.41) is 0. The van der Waals surface area contributed by atoms with Crippen molar-refractivity contribution in [1.29, 1.82) is 0 Å². The Kier molecular flexibility index (Phi) is 3.53. The van der Waals surface area contributed by atoms with E-state index in [2.05, 4.69) is 35.9 Å². The van der Waals surface area contributed by atoms with Crippen LogP contribution < -0.4 is 5.73 Å². The van der Waals surface area contributed by atoms with Crippen molar-refractivity contribution < 1.29 is 0 Å². The molecule has 0 aliphatic heterocycles. The topological polar surface area (TPSA) is 51.8 Å². The van der Waals surface area contributed by atoms with Crippen molar-refractivity contribution in [3.63, 3.8) is 0 Å². The summed E-state index contributed by atoms with van der Waals surface area (Å²) in [5.41, 5.74) is 12.4. The van der Waals surface area contributed by atoms with Crippen molar-refractivity contribution in [1.82, 2.24) is 9.97 Å². The van der Waals surface area contributed by atoms with Crippen LogP contribution in [0.1, 0.15) is 52.9 Å². The van der Waals surface area contributed by atoms with E-state index < -0.39 is 0 Å². The minimum atomic E-state index is -0.0652. The third-order valence-corrected chi connectivity index (χ3v) is 4.24. The van der Waals surface area contributed by atoms with E-state index in [0.29, 0.717) is 0 Å². The Hall–Kier alpha value is -1.74. The molecule has 0 bridgehead atoms. The Morgan fingerprint density at radius 1 is 1.30 bits per heavy atom. The minimum absolute atomic E-state index is 0.0652. The molecule has 0 spiro atoms. The van der Waals surface area contributed by atoms with Crippen molar-refractivity contribution in [3.05, 3.63) is 58.7 Å². The summed E-state index contributed by atoms with van der Waals surface area (Å²) in [6, 6.07) is 6.29. The standard InChI is InChI=1S/C17H21N3/c1-11-9-12(2)16(20-10-11)15(18)14-7-3-5-13-6-4-8-19-17(13)14/h4,6,8-10,14-15H,3,5,7,18H2,1-2H3. The van der Waals surface area contributed by atoms with E-state index in [9.17, 15) is 0 Å². The van der Waals surface area contributed by atoms with Gasteiger partial charge in [-0.2, -0.15) is 0 Å². The van der Waals surface area contributed by atoms with Crippen LogP contribution in [-0.2, 0) is 6.42 Å². The third-order valence-electron chi connectivity index (χ3n) is 4.24. The second-order valence-electron chi connectivity index (χ2n) is 5.79. The van der Waals surface area contributed by atoms with E-state index in [1.807, 2.05) is 18.5 Å². The average Bonchev–Trinajstić information content (AvgIpc) is 2.46. The Labute approximate surface area is 120 Å². The molecule has 3 rings (SSSR count). The molecule has 1 aliphatic carbocycles. The highest BCUT2D eigenvalue weighted by Crippen LogP contribution is 2.38. The Bertz CT molecular complexity index is 621. The second kappa shape index (κ2) is 5.33. The number of aromatic nitrogens is 2. The van der Waals surface area contributed by atoms with E-state index in [-0.39, 0.29) is 12.0 Å². The van der Waals surface area contributed by atoms with Crippen molar-refractivity contribution in [3.8, 4) is 0 Å². The summed E-state index contributed by atoms with van der Waals surface area (Å²) in [6.45, 7) is 4.16. The Morgan fingerprint density at radius 3 is 2.95 bits per heavy atom. The molecule has 0 saturated heterocycles. The maximum Gasteiger partial charge on any atom is 0.0607 e. The zero-order valence-corrected chi connectivity index (χ0v) is 12.1. The molecule has 2 aromatic rings. The number of hydrogen-bond acceptors (Lipinski definition) is 3. The zero-order valence-electron chi connectivity index (χ0n) is 12.1. The van der Waals surface area contributed by atoms with Gasteiger partial charge in [0.25, 0.3) is 0 Å². The fourth-order valence-corrected chi connectivity index (χ4v) is 3.26. The number of nitrogens with two attached hydrogens (primary N) is 1. The summed E-state index contributed by atoms with van der Waals surface area (Å²) in [4.78, 5) is 9.16. The largest absolute Gasteiger partial charge is 0.322 e. The van der Waals surface area contributed by atoms with Gasteiger partial charge in [0.15, 0.2) is 0 Å². The number of nitrogens with zero attached hydrogens (tertiary/aromatic N) is 2. The minimum Gasteiger partial charge on any atom is -0.322 e. The number of aryl methyl sites for hydroxylation is 3. The third kappa shape index (κ3) is 2.34. The van der Waals surface area contributed by atoms with Crippen molar-refractivity contribution in [2.24, 2.45) is 5.73 Å². The number of fused-ring (bicyclic) bond motifs is 1. The molecular weight excluding hydrogens is 246 g/mol. The van der Waals surface area contributed by atoms with Gasteiger partial charge in [0.2, 0.25) is 0 Å². The van der Waals surface area contributed by atoms with E-state index >= 15 is 0 Å². The number of hydrogen-bond donors (Lipinski definition) is 1. The van der Waals surface area contributed by atoms with Gasteiger partial charge < -0.3 is 5.73 Å². The van der Waals surface area contributed by atoms with E-state index in [1.54, 1.807) is 0 Å². The molecule has 20 heavy (non-hydrogen) atoms. The second-order valence-corrected chi connectivity index (χ2v) is 5.79. The van der Waals surface area contributed by atoms with Crippen LogP contribution in [0, 0.1) is 13.8 Å². The van der Waals surface area contributed by atoms with Crippen LogP contribution in [0.4, 0.5) is 0 Å². The van der Waals surface area contributed by atoms with Crippen LogP contribution in [0.3, 0.4) is 0 Å². The lowest BCUT2D eigenvalue weighted by Crippen LogP contribution is -2.26. The van der Waals surface area contributed by atoms with Crippen LogP contribution in [0.5, 0.6) is 0 Å². The molecule has 2 unspecified atom stereocenters. The first kappa shape index (κ1) is 13.3. The van der Waals surface area contributed by atoms with E-state index in [0.717, 1.165) is 18.5 Å². The van der Waals surface area contributed by atoms with Crippen molar-refractivity contribution in [2.45, 2.75) is 45.1 Å². The monoisotopic (exact) mass is 267 g/mol. The van der Waals surface area contributed by atoms with Crippen molar-refractivity contribution in [2.75, 3.05) is 0 Å². The van der Waals surface area contributed by atoms with Crippen LogP contribution in [0.25, 0.3) is 0 Å². The lowest BCUT2D eigenvalue weighted by Gasteiger charge is -2.29. The molecule has 104 valence electrons. The fourth-order valence-electron chi connectivity index (χ4n) is 3.26. The van der Waals surface area contributed by atoms with Gasteiger partial charge in [0, 0.05) is 24.0 Å². The van der Waals surface area contributed by atoms with Crippen LogP contribution in [-0.4, -0.2) is 9.97 Å². The molecule has 0 amide bonds. The summed E-state index contributed by atoms with van der Waals surface area (Å²) in [6.07, 6.45) is 7.18. The lowest BCUT2D eigenvalue weighted by atomic mass is 9.80. The summed E-state index contributed by atoms with van der Waals surface area (Å²) >= 11 is 0. The molecular formula is C17H21N3. The van der Waals surface area contributed by atoms with E-state index in [4.69, 9.17) is 5.73 Å². The highest BCUT2D eigenvalue weighted by Gasteiger charge is 2.29. The first-order valence-corrected chi connectivity index (χ1v) is 7.29. The molecule has 3 nitrogen and oxygen atoms in total. The number of pyridine rings is 2. The first-order chi connectivity index (χ1) is 9.66. The van der Waals surface area contributed by atoms with Gasteiger partial charge in [-0.3, -0.25) is 9.97 Å². The SMILES string of the molecule is Cc1cnc(C(N)C2CCCc3cccnc32)c(C)c1. The Morgan fingerprint density at radius 2 is 2.15 bits per heavy atom. The van der Waals surface area contributed by atoms with Crippen LogP contribution in [0.2, 0.25) is 0 Å². The fraction of sp³-hybridized carbons (Fsp3) is 0.412. The molecule has 2 atom stereocenters. The molecule has 2 N–H and O–H groups in total. The maximum atomic E-state index is 6.53. The molecule has 2 heterocycles. The highest BCUT2D eigenvalue weighted by molar-refractivity contribution is 5.32. The van der Waals surface area contributed by atoms with Crippen molar-refractivity contribution >= 4 is 0 Å². The van der Waals surface area contributed by atoms with E-state index in [1.165, 1.54) is 28.8 Å². The molecule has 1 aliphatic rings. The van der Waals surface area contributed by atoms with Gasteiger partial charge in [0.05, 0.1) is 11.7 Å². The molecule has 0 radical (unpaired) electrons. The molecule has 0 saturated carbocycles. The normalized spacial score (nSPS) is 19.4. The van der Waals surface area contributed by atoms with Gasteiger partial charge in [-0.15, -0.1) is 0 Å². The molecule has 2 aromatic heterocycles. The maximum absolute atomic E-state index is 6.53. The summed E-state index contributed by atoms with van der Waals surface area (Å²) in [7, 11) is 0. The van der Waals surface area contributed by atoms with Gasteiger partial charge in [-0.25, -0.2) is 0 Å². The average molecular weight is 267 g/mol. The molecule has 3 heteroatoms. The summed E-state index contributed by atoms with van der Waals surface area (Å²) < 4.78 is 0. The summed E-state index contributed by atoms with van der Waals surface area (Å²) in [5.74, 6) is 0.286. The number of rotatable bonds is 2. The van der Waals surface area contributed by atoms with Gasteiger partial charge >= 0.3 is 0 Å². The smallest absolute Gasteiger partial charge is 0.0607 e. The zero-order chi connectivity index (χ0) is 14.1. The molecule has 0 fully saturated rings. The van der Waals surface area contributed by atoms with Crippen LogP contribution in [0.15, 0.2) is 30.6 Å². The first-order valence-electron chi connectivity index (χ1n) is 7.29. The quantitative estimate of drug-likeness (QED) is 0.909. The van der Waals surface area contributed by atoms with Gasteiger partial charge in [-0.05, 0) is 55.9 Å². The van der Waals surface area contributed by atoms with Gasteiger partial charge in [-0.1, -0.05) is 12.1 Å². The predicted molar refractivity (Wildman–Crippen MR) is 80.6 cm³/mol. The lowest BCUT2D eigenvalue weighted by molar-refractivity contribution is 0.454. The highest BCUT2D eigenvalue weighted by atomic mass is 14.8. The van der Waals surface area contributed by atoms with Gasteiger partial charge in [0.1, 0.15) is 0 Å². The predicted octanol–water partition coefficient (Wildman–Crippen LogP) is 3.21. The Balaban J connectivity index is 1.97. The molecule has 0 aromatic carbocycles.